The molecule has 0 atom stereocenters. The SMILES string of the molecule is COC(=O)c1ccc2c(CCCO)nn(C)c2c1. The van der Waals surface area contributed by atoms with Gasteiger partial charge in [0.25, 0.3) is 0 Å². The van der Waals surface area contributed by atoms with E-state index in [0.717, 1.165) is 23.0 Å². The Balaban J connectivity index is 2.45. The second-order valence-electron chi connectivity index (χ2n) is 4.12. The van der Waals surface area contributed by atoms with Gasteiger partial charge in [-0.15, -0.1) is 0 Å². The topological polar surface area (TPSA) is 64.3 Å². The molecule has 0 fully saturated rings. The largest absolute Gasteiger partial charge is 0.465 e. The van der Waals surface area contributed by atoms with E-state index in [0.29, 0.717) is 12.0 Å². The van der Waals surface area contributed by atoms with Crippen LogP contribution in [0.5, 0.6) is 0 Å². The van der Waals surface area contributed by atoms with E-state index in [1.165, 1.54) is 7.11 Å². The van der Waals surface area contributed by atoms with E-state index >= 15 is 0 Å². The monoisotopic (exact) mass is 248 g/mol. The van der Waals surface area contributed by atoms with Crippen molar-refractivity contribution >= 4 is 16.9 Å². The second kappa shape index (κ2) is 5.18. The zero-order valence-electron chi connectivity index (χ0n) is 10.5. The number of carbonyl (C=O) groups is 1. The number of hydrogen-bond acceptors (Lipinski definition) is 4. The molecule has 5 heteroatoms. The van der Waals surface area contributed by atoms with Crippen molar-refractivity contribution in [2.24, 2.45) is 7.05 Å². The molecule has 1 heterocycles. The molecule has 0 aliphatic rings. The molecular formula is C13H16N2O3. The van der Waals surface area contributed by atoms with Gasteiger partial charge in [0.05, 0.1) is 23.9 Å². The zero-order chi connectivity index (χ0) is 13.1. The molecule has 2 rings (SSSR count). The number of aromatic nitrogens is 2. The highest BCUT2D eigenvalue weighted by atomic mass is 16.5. The summed E-state index contributed by atoms with van der Waals surface area (Å²) in [6.45, 7) is 0.151. The molecule has 1 N–H and O–H groups in total. The van der Waals surface area contributed by atoms with Gasteiger partial charge in [0.2, 0.25) is 0 Å². The maximum Gasteiger partial charge on any atom is 0.337 e. The molecule has 1 aromatic carbocycles. The number of aliphatic hydroxyl groups excluding tert-OH is 1. The van der Waals surface area contributed by atoms with Crippen molar-refractivity contribution in [2.75, 3.05) is 13.7 Å². The molecule has 0 amide bonds. The Labute approximate surface area is 105 Å². The summed E-state index contributed by atoms with van der Waals surface area (Å²) >= 11 is 0. The van der Waals surface area contributed by atoms with E-state index in [9.17, 15) is 4.79 Å². The van der Waals surface area contributed by atoms with Gasteiger partial charge in [-0.05, 0) is 25.0 Å². The van der Waals surface area contributed by atoms with Gasteiger partial charge in [-0.3, -0.25) is 4.68 Å². The van der Waals surface area contributed by atoms with Crippen molar-refractivity contribution in [3.63, 3.8) is 0 Å². The van der Waals surface area contributed by atoms with Gasteiger partial charge in [0.1, 0.15) is 0 Å². The maximum absolute atomic E-state index is 11.5. The van der Waals surface area contributed by atoms with E-state index in [2.05, 4.69) is 5.10 Å². The van der Waals surface area contributed by atoms with Gasteiger partial charge in [-0.2, -0.15) is 5.10 Å². The molecule has 0 spiro atoms. The number of aryl methyl sites for hydroxylation is 2. The number of nitrogens with zero attached hydrogens (tertiary/aromatic N) is 2. The second-order valence-corrected chi connectivity index (χ2v) is 4.12. The Morgan fingerprint density at radius 1 is 1.50 bits per heavy atom. The molecule has 5 nitrogen and oxygen atoms in total. The average Bonchev–Trinajstić information content (AvgIpc) is 2.72. The Hall–Kier alpha value is -1.88. The molecule has 18 heavy (non-hydrogen) atoms. The van der Waals surface area contributed by atoms with E-state index in [1.807, 2.05) is 13.1 Å². The smallest absolute Gasteiger partial charge is 0.337 e. The Morgan fingerprint density at radius 2 is 2.28 bits per heavy atom. The van der Waals surface area contributed by atoms with Crippen LogP contribution in [-0.2, 0) is 18.2 Å². The van der Waals surface area contributed by atoms with Crippen LogP contribution >= 0.6 is 0 Å². The maximum atomic E-state index is 11.5. The van der Waals surface area contributed by atoms with Crippen LogP contribution in [0.4, 0.5) is 0 Å². The minimum atomic E-state index is -0.352. The number of rotatable bonds is 4. The van der Waals surface area contributed by atoms with Crippen molar-refractivity contribution in [1.29, 1.82) is 0 Å². The van der Waals surface area contributed by atoms with Crippen LogP contribution in [-0.4, -0.2) is 34.6 Å². The molecule has 0 unspecified atom stereocenters. The summed E-state index contributed by atoms with van der Waals surface area (Å²) in [7, 11) is 3.20. The normalized spacial score (nSPS) is 10.8. The van der Waals surface area contributed by atoms with Gasteiger partial charge >= 0.3 is 5.97 Å². The van der Waals surface area contributed by atoms with Crippen LogP contribution in [0.15, 0.2) is 18.2 Å². The first-order valence-corrected chi connectivity index (χ1v) is 5.82. The van der Waals surface area contributed by atoms with Crippen molar-refractivity contribution in [1.82, 2.24) is 9.78 Å². The lowest BCUT2D eigenvalue weighted by atomic mass is 10.1. The fourth-order valence-corrected chi connectivity index (χ4v) is 2.01. The highest BCUT2D eigenvalue weighted by Crippen LogP contribution is 2.21. The van der Waals surface area contributed by atoms with Gasteiger partial charge in [0.15, 0.2) is 0 Å². The number of methoxy groups -OCH3 is 1. The first-order valence-electron chi connectivity index (χ1n) is 5.82. The first kappa shape index (κ1) is 12.6. The number of carbonyl (C=O) groups excluding carboxylic acids is 1. The van der Waals surface area contributed by atoms with Gasteiger partial charge in [-0.1, -0.05) is 6.07 Å². The number of hydrogen-bond donors (Lipinski definition) is 1. The number of ether oxygens (including phenoxy) is 1. The lowest BCUT2D eigenvalue weighted by Crippen LogP contribution is -2.01. The summed E-state index contributed by atoms with van der Waals surface area (Å²) in [6.07, 6.45) is 1.41. The third-order valence-electron chi connectivity index (χ3n) is 2.92. The van der Waals surface area contributed by atoms with E-state index < -0.39 is 0 Å². The van der Waals surface area contributed by atoms with E-state index in [-0.39, 0.29) is 12.6 Å². The predicted octanol–water partition coefficient (Wildman–Crippen LogP) is 1.28. The van der Waals surface area contributed by atoms with Gasteiger partial charge < -0.3 is 9.84 Å². The number of benzene rings is 1. The molecule has 2 aromatic rings. The Bertz CT molecular complexity index is 575. The Kier molecular flexibility index (Phi) is 3.62. The molecule has 0 bridgehead atoms. The van der Waals surface area contributed by atoms with Crippen LogP contribution < -0.4 is 0 Å². The quantitative estimate of drug-likeness (QED) is 0.828. The lowest BCUT2D eigenvalue weighted by Gasteiger charge is -2.00. The molecule has 96 valence electrons. The van der Waals surface area contributed by atoms with Crippen molar-refractivity contribution in [3.05, 3.63) is 29.5 Å². The van der Waals surface area contributed by atoms with Crippen molar-refractivity contribution in [3.8, 4) is 0 Å². The minimum absolute atomic E-state index is 0.151. The molecule has 0 radical (unpaired) electrons. The molecular weight excluding hydrogens is 232 g/mol. The molecule has 0 aliphatic heterocycles. The predicted molar refractivity (Wildman–Crippen MR) is 67.5 cm³/mol. The summed E-state index contributed by atoms with van der Waals surface area (Å²) in [5.74, 6) is -0.352. The van der Waals surface area contributed by atoms with Crippen LogP contribution in [0.3, 0.4) is 0 Å². The minimum Gasteiger partial charge on any atom is -0.465 e. The van der Waals surface area contributed by atoms with Crippen LogP contribution in [0.25, 0.3) is 10.9 Å². The number of fused-ring (bicyclic) bond motifs is 1. The summed E-state index contributed by atoms with van der Waals surface area (Å²) in [5, 5.41) is 14.3. The highest BCUT2D eigenvalue weighted by molar-refractivity contribution is 5.95. The van der Waals surface area contributed by atoms with Gasteiger partial charge in [0, 0.05) is 19.0 Å². The number of aliphatic hydroxyl groups is 1. The van der Waals surface area contributed by atoms with Crippen molar-refractivity contribution < 1.29 is 14.6 Å². The zero-order valence-corrected chi connectivity index (χ0v) is 10.5. The van der Waals surface area contributed by atoms with E-state index in [1.54, 1.807) is 16.8 Å². The molecule has 0 saturated carbocycles. The van der Waals surface area contributed by atoms with E-state index in [4.69, 9.17) is 9.84 Å². The van der Waals surface area contributed by atoms with Crippen LogP contribution in [0.1, 0.15) is 22.5 Å². The lowest BCUT2D eigenvalue weighted by molar-refractivity contribution is 0.0601. The first-order chi connectivity index (χ1) is 8.67. The summed E-state index contributed by atoms with van der Waals surface area (Å²) in [5.41, 5.74) is 2.35. The van der Waals surface area contributed by atoms with Crippen LogP contribution in [0, 0.1) is 0 Å². The standard InChI is InChI=1S/C13H16N2O3/c1-15-12-8-9(13(17)18-2)5-6-10(12)11(14-15)4-3-7-16/h5-6,8,16H,3-4,7H2,1-2H3. The van der Waals surface area contributed by atoms with Gasteiger partial charge in [-0.25, -0.2) is 4.79 Å². The summed E-state index contributed by atoms with van der Waals surface area (Å²) in [6, 6.07) is 5.39. The van der Waals surface area contributed by atoms with Crippen molar-refractivity contribution in [2.45, 2.75) is 12.8 Å². The molecule has 1 aromatic heterocycles. The van der Waals surface area contributed by atoms with Crippen LogP contribution in [0.2, 0.25) is 0 Å². The fourth-order valence-electron chi connectivity index (χ4n) is 2.01. The third kappa shape index (κ3) is 2.22. The third-order valence-corrected chi connectivity index (χ3v) is 2.92. The number of esters is 1. The average molecular weight is 248 g/mol. The fraction of sp³-hybridized carbons (Fsp3) is 0.385. The summed E-state index contributed by atoms with van der Waals surface area (Å²) < 4.78 is 6.44. The molecule has 0 saturated heterocycles. The highest BCUT2D eigenvalue weighted by Gasteiger charge is 2.12. The molecule has 0 aliphatic carbocycles. The summed E-state index contributed by atoms with van der Waals surface area (Å²) in [4.78, 5) is 11.5. The Morgan fingerprint density at radius 3 is 2.94 bits per heavy atom.